The van der Waals surface area contributed by atoms with E-state index in [-0.39, 0.29) is 18.4 Å². The first kappa shape index (κ1) is 24.7. The number of ether oxygens (including phenoxy) is 1. The number of benzene rings is 2. The summed E-state index contributed by atoms with van der Waals surface area (Å²) in [4.78, 5) is 42.6. The molecule has 0 aliphatic carbocycles. The van der Waals surface area contributed by atoms with E-state index in [4.69, 9.17) is 16.3 Å². The number of rotatable bonds is 7. The molecule has 2 aromatic carbocycles. The van der Waals surface area contributed by atoms with E-state index in [1.54, 1.807) is 31.2 Å². The summed E-state index contributed by atoms with van der Waals surface area (Å²) < 4.78 is 6.56. The fourth-order valence-corrected chi connectivity index (χ4v) is 6.47. The van der Waals surface area contributed by atoms with Crippen LogP contribution in [0.2, 0.25) is 5.02 Å². The molecule has 3 saturated heterocycles. The van der Waals surface area contributed by atoms with E-state index < -0.39 is 41.0 Å². The predicted molar refractivity (Wildman–Crippen MR) is 134 cm³/mol. The number of para-hydroxylation sites is 1. The summed E-state index contributed by atoms with van der Waals surface area (Å²) in [7, 11) is 0. The molecular formula is C27H30ClN3O5. The van der Waals surface area contributed by atoms with Gasteiger partial charge in [0, 0.05) is 6.54 Å². The van der Waals surface area contributed by atoms with Crippen molar-refractivity contribution in [2.75, 3.05) is 11.9 Å². The van der Waals surface area contributed by atoms with Crippen LogP contribution in [0.1, 0.15) is 32.3 Å². The van der Waals surface area contributed by atoms with Gasteiger partial charge in [0.05, 0.1) is 40.8 Å². The summed E-state index contributed by atoms with van der Waals surface area (Å²) >= 11 is 6.27. The van der Waals surface area contributed by atoms with Gasteiger partial charge in [0.2, 0.25) is 17.7 Å². The van der Waals surface area contributed by atoms with Crippen LogP contribution in [0.3, 0.4) is 0 Å². The number of anilines is 1. The Morgan fingerprint density at radius 3 is 2.53 bits per heavy atom. The van der Waals surface area contributed by atoms with Crippen LogP contribution in [0.15, 0.2) is 54.6 Å². The third-order valence-electron chi connectivity index (χ3n) is 7.93. The van der Waals surface area contributed by atoms with Crippen LogP contribution in [0.25, 0.3) is 0 Å². The van der Waals surface area contributed by atoms with Crippen LogP contribution in [0, 0.1) is 11.8 Å². The lowest BCUT2D eigenvalue weighted by Gasteiger charge is -2.35. The summed E-state index contributed by atoms with van der Waals surface area (Å²) in [6.45, 7) is 3.53. The highest BCUT2D eigenvalue weighted by atomic mass is 35.5. The van der Waals surface area contributed by atoms with Crippen LogP contribution in [-0.2, 0) is 25.7 Å². The predicted octanol–water partition coefficient (Wildman–Crippen LogP) is 2.74. The fourth-order valence-electron chi connectivity index (χ4n) is 6.29. The summed E-state index contributed by atoms with van der Waals surface area (Å²) in [6, 6.07) is 14.7. The molecule has 3 fully saturated rings. The topological polar surface area (TPSA) is 108 Å². The maximum Gasteiger partial charge on any atom is 0.250 e. The van der Waals surface area contributed by atoms with Crippen LogP contribution >= 0.6 is 11.6 Å². The molecular weight excluding hydrogens is 482 g/mol. The number of nitrogens with one attached hydrogen (secondary N) is 2. The molecule has 9 heteroatoms. The van der Waals surface area contributed by atoms with E-state index in [9.17, 15) is 19.5 Å². The molecule has 5 rings (SSSR count). The van der Waals surface area contributed by atoms with E-state index >= 15 is 0 Å². The molecule has 2 unspecified atom stereocenters. The number of fused-ring (bicyclic) bond motifs is 1. The Morgan fingerprint density at radius 1 is 1.14 bits per heavy atom. The molecule has 190 valence electrons. The van der Waals surface area contributed by atoms with Crippen molar-refractivity contribution in [3.63, 3.8) is 0 Å². The van der Waals surface area contributed by atoms with Gasteiger partial charge in [0.15, 0.2) is 0 Å². The zero-order chi connectivity index (χ0) is 25.7. The lowest BCUT2D eigenvalue weighted by molar-refractivity contribution is -0.147. The average molecular weight is 512 g/mol. The lowest BCUT2D eigenvalue weighted by Crippen LogP contribution is -2.55. The second-order valence-corrected chi connectivity index (χ2v) is 10.6. The highest BCUT2D eigenvalue weighted by Crippen LogP contribution is 2.63. The first-order chi connectivity index (χ1) is 17.2. The number of carbonyl (C=O) groups is 3. The summed E-state index contributed by atoms with van der Waals surface area (Å²) in [5.74, 6) is -2.66. The van der Waals surface area contributed by atoms with Crippen molar-refractivity contribution in [1.82, 2.24) is 10.2 Å². The van der Waals surface area contributed by atoms with Crippen LogP contribution in [-0.4, -0.2) is 57.6 Å². The van der Waals surface area contributed by atoms with Gasteiger partial charge in [-0.05, 0) is 44.4 Å². The molecule has 8 nitrogen and oxygen atoms in total. The van der Waals surface area contributed by atoms with Gasteiger partial charge < -0.3 is 25.4 Å². The van der Waals surface area contributed by atoms with E-state index in [1.165, 1.54) is 4.90 Å². The fraction of sp³-hybridized carbons (Fsp3) is 0.444. The van der Waals surface area contributed by atoms with Gasteiger partial charge in [-0.25, -0.2) is 0 Å². The molecule has 3 heterocycles. The van der Waals surface area contributed by atoms with Gasteiger partial charge in [0.1, 0.15) is 11.6 Å². The van der Waals surface area contributed by atoms with E-state index in [0.29, 0.717) is 30.1 Å². The minimum atomic E-state index is -1.17. The lowest BCUT2D eigenvalue weighted by atomic mass is 9.66. The summed E-state index contributed by atoms with van der Waals surface area (Å²) in [5.41, 5.74) is -0.683. The molecule has 2 aromatic rings. The second kappa shape index (κ2) is 9.18. The Kier molecular flexibility index (Phi) is 6.31. The molecule has 3 aliphatic heterocycles. The van der Waals surface area contributed by atoms with E-state index in [2.05, 4.69) is 10.6 Å². The maximum atomic E-state index is 13.9. The van der Waals surface area contributed by atoms with Crippen molar-refractivity contribution in [3.8, 4) is 0 Å². The molecule has 1 spiro atoms. The normalized spacial score (nSPS) is 31.3. The van der Waals surface area contributed by atoms with Gasteiger partial charge >= 0.3 is 0 Å². The Hall–Kier alpha value is -2.94. The van der Waals surface area contributed by atoms with Gasteiger partial charge in [-0.1, -0.05) is 54.1 Å². The molecule has 6 atom stereocenters. The summed E-state index contributed by atoms with van der Waals surface area (Å²) in [5, 5.41) is 16.1. The average Bonchev–Trinajstić information content (AvgIpc) is 3.44. The van der Waals surface area contributed by atoms with Crippen molar-refractivity contribution >= 4 is 35.0 Å². The molecule has 3 N–H and O–H groups in total. The Balaban J connectivity index is 1.48. The van der Waals surface area contributed by atoms with Crippen molar-refractivity contribution in [2.24, 2.45) is 11.8 Å². The molecule has 3 amide bonds. The van der Waals surface area contributed by atoms with Crippen molar-refractivity contribution < 1.29 is 24.2 Å². The number of amides is 3. The molecule has 0 aromatic heterocycles. The van der Waals surface area contributed by atoms with Gasteiger partial charge in [-0.3, -0.25) is 14.4 Å². The third-order valence-corrected chi connectivity index (χ3v) is 8.26. The first-order valence-electron chi connectivity index (χ1n) is 12.2. The first-order valence-corrected chi connectivity index (χ1v) is 12.6. The SMILES string of the molecule is C[C@H](CO)N1C(=O)[C@@H]2[C@H](C(=O)NCc3ccccc3)[C@]3(C)CCC2(O3)C1C(=O)Nc1ccccc1Cl. The van der Waals surface area contributed by atoms with E-state index in [0.717, 1.165) is 5.56 Å². The Labute approximate surface area is 215 Å². The van der Waals surface area contributed by atoms with Crippen molar-refractivity contribution in [2.45, 2.75) is 56.5 Å². The van der Waals surface area contributed by atoms with Gasteiger partial charge in [0.25, 0.3) is 0 Å². The van der Waals surface area contributed by atoms with Gasteiger partial charge in [-0.15, -0.1) is 0 Å². The molecule has 0 saturated carbocycles. The Bertz CT molecular complexity index is 1190. The number of likely N-dealkylation sites (tertiary alicyclic amines) is 1. The Morgan fingerprint density at radius 2 is 1.83 bits per heavy atom. The highest BCUT2D eigenvalue weighted by Gasteiger charge is 2.78. The standard InChI is InChI=1S/C27H30ClN3O5/c1-16(15-32)31-22(24(34)30-19-11-7-6-10-18(19)28)27-13-12-26(2,36-27)20(21(27)25(31)35)23(33)29-14-17-8-4-3-5-9-17/h3-11,16,20-22,32H,12-15H2,1-2H3,(H,29,33)(H,30,34)/t16-,20-,21+,22?,26+,27?/m1/s1. The second-order valence-electron chi connectivity index (χ2n) is 10.2. The third kappa shape index (κ3) is 3.79. The smallest absolute Gasteiger partial charge is 0.250 e. The molecule has 0 radical (unpaired) electrons. The minimum Gasteiger partial charge on any atom is -0.394 e. The minimum absolute atomic E-state index is 0.273. The zero-order valence-electron chi connectivity index (χ0n) is 20.2. The molecule has 2 bridgehead atoms. The number of nitrogens with zero attached hydrogens (tertiary/aromatic N) is 1. The number of halogens is 1. The number of hydrogen-bond acceptors (Lipinski definition) is 5. The maximum absolute atomic E-state index is 13.9. The summed E-state index contributed by atoms with van der Waals surface area (Å²) in [6.07, 6.45) is 0.995. The molecule has 3 aliphatic rings. The van der Waals surface area contributed by atoms with Crippen LogP contribution in [0.5, 0.6) is 0 Å². The monoisotopic (exact) mass is 511 g/mol. The van der Waals surface area contributed by atoms with Crippen LogP contribution < -0.4 is 10.6 Å². The number of aliphatic hydroxyl groups excluding tert-OH is 1. The van der Waals surface area contributed by atoms with Crippen molar-refractivity contribution in [3.05, 3.63) is 65.2 Å². The number of hydrogen-bond donors (Lipinski definition) is 3. The van der Waals surface area contributed by atoms with Crippen molar-refractivity contribution in [1.29, 1.82) is 0 Å². The van der Waals surface area contributed by atoms with Crippen LogP contribution in [0.4, 0.5) is 5.69 Å². The van der Waals surface area contributed by atoms with Gasteiger partial charge in [-0.2, -0.15) is 0 Å². The number of carbonyl (C=O) groups excluding carboxylic acids is 3. The quantitative estimate of drug-likeness (QED) is 0.530. The van der Waals surface area contributed by atoms with E-state index in [1.807, 2.05) is 37.3 Å². The number of aliphatic hydroxyl groups is 1. The molecule has 36 heavy (non-hydrogen) atoms. The zero-order valence-corrected chi connectivity index (χ0v) is 21.0. The highest BCUT2D eigenvalue weighted by molar-refractivity contribution is 6.33. The largest absolute Gasteiger partial charge is 0.394 e.